The Hall–Kier alpha value is -0.0800. The minimum absolute atomic E-state index is 0.208. The van der Waals surface area contributed by atoms with Crippen molar-refractivity contribution < 1.29 is 4.74 Å². The van der Waals surface area contributed by atoms with Crippen molar-refractivity contribution in [2.45, 2.75) is 53.0 Å². The van der Waals surface area contributed by atoms with Gasteiger partial charge < -0.3 is 10.1 Å². The molecule has 1 aliphatic rings. The standard InChI is InChI=1S/C13H27NO/c1-11(2)13(7-6-8-15-10-13)9-14-12(3,4)5/h11,14H,6-10H2,1-5H3. The van der Waals surface area contributed by atoms with E-state index in [0.717, 1.165) is 19.8 Å². The lowest BCUT2D eigenvalue weighted by molar-refractivity contribution is -0.0360. The molecule has 2 heteroatoms. The highest BCUT2D eigenvalue weighted by molar-refractivity contribution is 4.89. The molecule has 0 saturated carbocycles. The molecule has 1 rings (SSSR count). The summed E-state index contributed by atoms with van der Waals surface area (Å²) in [6, 6.07) is 0. The number of hydrogen-bond acceptors (Lipinski definition) is 2. The summed E-state index contributed by atoms with van der Waals surface area (Å²) < 4.78 is 5.67. The van der Waals surface area contributed by atoms with Gasteiger partial charge in [0.15, 0.2) is 0 Å². The summed E-state index contributed by atoms with van der Waals surface area (Å²) in [6.45, 7) is 14.3. The van der Waals surface area contributed by atoms with Gasteiger partial charge in [-0.1, -0.05) is 13.8 Å². The first-order chi connectivity index (χ1) is 6.86. The average Bonchev–Trinajstić information content (AvgIpc) is 2.15. The van der Waals surface area contributed by atoms with Crippen molar-refractivity contribution >= 4 is 0 Å². The monoisotopic (exact) mass is 213 g/mol. The molecule has 0 amide bonds. The van der Waals surface area contributed by atoms with Crippen molar-refractivity contribution in [3.05, 3.63) is 0 Å². The predicted molar refractivity (Wildman–Crippen MR) is 65.1 cm³/mol. The van der Waals surface area contributed by atoms with Gasteiger partial charge in [0.1, 0.15) is 0 Å². The molecule has 0 aromatic rings. The van der Waals surface area contributed by atoms with E-state index in [4.69, 9.17) is 4.74 Å². The molecule has 1 atom stereocenters. The Morgan fingerprint density at radius 2 is 2.00 bits per heavy atom. The zero-order valence-electron chi connectivity index (χ0n) is 11.0. The predicted octanol–water partition coefficient (Wildman–Crippen LogP) is 2.83. The molecule has 1 fully saturated rings. The van der Waals surface area contributed by atoms with E-state index < -0.39 is 0 Å². The Balaban J connectivity index is 2.57. The maximum Gasteiger partial charge on any atom is 0.0537 e. The van der Waals surface area contributed by atoms with Gasteiger partial charge in [-0.2, -0.15) is 0 Å². The fourth-order valence-electron chi connectivity index (χ4n) is 2.11. The minimum Gasteiger partial charge on any atom is -0.381 e. The molecular weight excluding hydrogens is 186 g/mol. The summed E-state index contributed by atoms with van der Waals surface area (Å²) in [6.07, 6.45) is 2.51. The van der Waals surface area contributed by atoms with Gasteiger partial charge in [0, 0.05) is 24.1 Å². The van der Waals surface area contributed by atoms with Gasteiger partial charge in [-0.3, -0.25) is 0 Å². The van der Waals surface area contributed by atoms with E-state index in [1.165, 1.54) is 12.8 Å². The van der Waals surface area contributed by atoms with E-state index in [0.29, 0.717) is 11.3 Å². The molecule has 0 spiro atoms. The molecule has 90 valence electrons. The smallest absolute Gasteiger partial charge is 0.0537 e. The van der Waals surface area contributed by atoms with Gasteiger partial charge in [-0.25, -0.2) is 0 Å². The third-order valence-corrected chi connectivity index (χ3v) is 3.55. The Kier molecular flexibility index (Phi) is 4.19. The third-order valence-electron chi connectivity index (χ3n) is 3.55. The largest absolute Gasteiger partial charge is 0.381 e. The number of hydrogen-bond donors (Lipinski definition) is 1. The highest BCUT2D eigenvalue weighted by atomic mass is 16.5. The van der Waals surface area contributed by atoms with Gasteiger partial charge in [0.25, 0.3) is 0 Å². The van der Waals surface area contributed by atoms with Crippen molar-refractivity contribution in [3.8, 4) is 0 Å². The Morgan fingerprint density at radius 3 is 2.40 bits per heavy atom. The fourth-order valence-corrected chi connectivity index (χ4v) is 2.11. The lowest BCUT2D eigenvalue weighted by Gasteiger charge is -2.42. The minimum atomic E-state index is 0.208. The zero-order chi connectivity index (χ0) is 11.5. The van der Waals surface area contributed by atoms with Gasteiger partial charge >= 0.3 is 0 Å². The van der Waals surface area contributed by atoms with Crippen LogP contribution in [0.2, 0.25) is 0 Å². The van der Waals surface area contributed by atoms with Crippen LogP contribution in [-0.4, -0.2) is 25.3 Å². The maximum absolute atomic E-state index is 5.67. The van der Waals surface area contributed by atoms with Crippen molar-refractivity contribution in [2.24, 2.45) is 11.3 Å². The molecule has 0 aromatic heterocycles. The van der Waals surface area contributed by atoms with Crippen LogP contribution in [0.3, 0.4) is 0 Å². The van der Waals surface area contributed by atoms with Crippen LogP contribution in [0, 0.1) is 11.3 Å². The van der Waals surface area contributed by atoms with E-state index in [1.807, 2.05) is 0 Å². The number of nitrogens with one attached hydrogen (secondary N) is 1. The molecule has 0 radical (unpaired) electrons. The molecular formula is C13H27NO. The van der Waals surface area contributed by atoms with E-state index >= 15 is 0 Å². The molecule has 1 unspecified atom stereocenters. The SMILES string of the molecule is CC(C)C1(CNC(C)(C)C)CCCOC1. The molecule has 15 heavy (non-hydrogen) atoms. The fraction of sp³-hybridized carbons (Fsp3) is 1.00. The van der Waals surface area contributed by atoms with Gasteiger partial charge in [-0.15, -0.1) is 0 Å². The molecule has 0 aliphatic carbocycles. The van der Waals surface area contributed by atoms with Crippen molar-refractivity contribution in [1.82, 2.24) is 5.32 Å². The zero-order valence-corrected chi connectivity index (χ0v) is 11.0. The summed E-state index contributed by atoms with van der Waals surface area (Å²) >= 11 is 0. The van der Waals surface area contributed by atoms with E-state index in [9.17, 15) is 0 Å². The van der Waals surface area contributed by atoms with E-state index in [-0.39, 0.29) is 5.54 Å². The lowest BCUT2D eigenvalue weighted by Crippen LogP contribution is -2.49. The number of rotatable bonds is 3. The first-order valence-electron chi connectivity index (χ1n) is 6.18. The van der Waals surface area contributed by atoms with Crippen LogP contribution in [0.25, 0.3) is 0 Å². The molecule has 0 bridgehead atoms. The molecule has 1 N–H and O–H groups in total. The first kappa shape index (κ1) is 13.0. The van der Waals surface area contributed by atoms with E-state index in [1.54, 1.807) is 0 Å². The van der Waals surface area contributed by atoms with Crippen molar-refractivity contribution in [1.29, 1.82) is 0 Å². The lowest BCUT2D eigenvalue weighted by atomic mass is 9.73. The Labute approximate surface area is 94.8 Å². The highest BCUT2D eigenvalue weighted by Gasteiger charge is 2.36. The van der Waals surface area contributed by atoms with Gasteiger partial charge in [0.05, 0.1) is 6.61 Å². The Bertz CT molecular complexity index is 187. The van der Waals surface area contributed by atoms with Crippen LogP contribution in [-0.2, 0) is 4.74 Å². The quantitative estimate of drug-likeness (QED) is 0.778. The van der Waals surface area contributed by atoms with Crippen molar-refractivity contribution in [2.75, 3.05) is 19.8 Å². The molecule has 2 nitrogen and oxygen atoms in total. The highest BCUT2D eigenvalue weighted by Crippen LogP contribution is 2.35. The van der Waals surface area contributed by atoms with Gasteiger partial charge in [0.2, 0.25) is 0 Å². The van der Waals surface area contributed by atoms with Crippen molar-refractivity contribution in [3.63, 3.8) is 0 Å². The normalized spacial score (nSPS) is 28.4. The number of ether oxygens (including phenoxy) is 1. The first-order valence-corrected chi connectivity index (χ1v) is 6.18. The summed E-state index contributed by atoms with van der Waals surface area (Å²) in [5.41, 5.74) is 0.560. The summed E-state index contributed by atoms with van der Waals surface area (Å²) in [4.78, 5) is 0. The average molecular weight is 213 g/mol. The second-order valence-corrected chi connectivity index (χ2v) is 6.28. The third kappa shape index (κ3) is 3.76. The second kappa shape index (κ2) is 4.84. The van der Waals surface area contributed by atoms with E-state index in [2.05, 4.69) is 39.9 Å². The summed E-state index contributed by atoms with van der Waals surface area (Å²) in [5, 5.41) is 3.63. The second-order valence-electron chi connectivity index (χ2n) is 6.28. The Morgan fingerprint density at radius 1 is 1.33 bits per heavy atom. The van der Waals surface area contributed by atoms with Gasteiger partial charge in [-0.05, 0) is 39.5 Å². The maximum atomic E-state index is 5.67. The van der Waals surface area contributed by atoms with Crippen LogP contribution >= 0.6 is 0 Å². The van der Waals surface area contributed by atoms with Crippen LogP contribution in [0.5, 0.6) is 0 Å². The molecule has 1 heterocycles. The summed E-state index contributed by atoms with van der Waals surface area (Å²) in [5.74, 6) is 0.688. The van der Waals surface area contributed by atoms with Crippen LogP contribution in [0.4, 0.5) is 0 Å². The topological polar surface area (TPSA) is 21.3 Å². The molecule has 1 aliphatic heterocycles. The summed E-state index contributed by atoms with van der Waals surface area (Å²) in [7, 11) is 0. The van der Waals surface area contributed by atoms with Crippen LogP contribution in [0.1, 0.15) is 47.5 Å². The molecule has 1 saturated heterocycles. The van der Waals surface area contributed by atoms with Crippen LogP contribution < -0.4 is 5.32 Å². The molecule has 0 aromatic carbocycles. The van der Waals surface area contributed by atoms with Crippen LogP contribution in [0.15, 0.2) is 0 Å².